The number of alkyl halides is 3. The smallest absolute Gasteiger partial charge is 0.368 e. The monoisotopic (exact) mass is 330 g/mol. The van der Waals surface area contributed by atoms with Gasteiger partial charge in [0.15, 0.2) is 0 Å². The predicted molar refractivity (Wildman–Crippen MR) is 80.8 cm³/mol. The molecule has 4 nitrogen and oxygen atoms in total. The Labute approximate surface area is 131 Å². The lowest BCUT2D eigenvalue weighted by Crippen LogP contribution is -2.29. The Morgan fingerprint density at radius 1 is 1.13 bits per heavy atom. The number of nitrogens with zero attached hydrogens (tertiary/aromatic N) is 3. The third-order valence-electron chi connectivity index (χ3n) is 3.55. The average Bonchev–Trinajstić information content (AvgIpc) is 2.51. The van der Waals surface area contributed by atoms with Gasteiger partial charge >= 0.3 is 6.18 Å². The number of aromatic nitrogens is 2. The van der Waals surface area contributed by atoms with Crippen LogP contribution in [0.2, 0.25) is 0 Å². The van der Waals surface area contributed by atoms with Gasteiger partial charge in [0.2, 0.25) is 5.82 Å². The molecule has 2 aromatic rings. The molecule has 2 rings (SSSR count). The molecule has 0 radical (unpaired) electrons. The van der Waals surface area contributed by atoms with E-state index in [4.69, 9.17) is 0 Å². The summed E-state index contributed by atoms with van der Waals surface area (Å²) in [5.74, 6) is -2.16. The van der Waals surface area contributed by atoms with Crippen LogP contribution in [0.25, 0.3) is 10.9 Å². The van der Waals surface area contributed by atoms with Crippen molar-refractivity contribution in [3.8, 4) is 0 Å². The molecule has 0 unspecified atom stereocenters. The highest BCUT2D eigenvalue weighted by Gasteiger charge is 2.35. The summed E-state index contributed by atoms with van der Waals surface area (Å²) < 4.78 is 52.5. The molecular weight excluding hydrogens is 312 g/mol. The Bertz CT molecular complexity index is 668. The van der Waals surface area contributed by atoms with Crippen LogP contribution in [0.5, 0.6) is 0 Å². The van der Waals surface area contributed by atoms with E-state index in [1.54, 1.807) is 0 Å². The van der Waals surface area contributed by atoms with Gasteiger partial charge in [0.05, 0.1) is 0 Å². The molecule has 126 valence electrons. The van der Waals surface area contributed by atoms with Gasteiger partial charge in [-0.1, -0.05) is 19.9 Å². The van der Waals surface area contributed by atoms with Crippen LogP contribution in [-0.4, -0.2) is 41.0 Å². The average molecular weight is 330 g/mol. The van der Waals surface area contributed by atoms with E-state index in [0.29, 0.717) is 13.1 Å². The van der Waals surface area contributed by atoms with Crippen LogP contribution < -0.4 is 5.32 Å². The molecule has 1 N–H and O–H groups in total. The van der Waals surface area contributed by atoms with Crippen molar-refractivity contribution in [1.29, 1.82) is 0 Å². The minimum absolute atomic E-state index is 0.00557. The Morgan fingerprint density at radius 3 is 2.43 bits per heavy atom. The number of anilines is 1. The van der Waals surface area contributed by atoms with Gasteiger partial charge in [0, 0.05) is 18.5 Å². The van der Waals surface area contributed by atoms with Crippen LogP contribution in [0.3, 0.4) is 0 Å². The van der Waals surface area contributed by atoms with E-state index in [9.17, 15) is 17.6 Å². The number of rotatable bonds is 6. The molecular formula is C15H18F4N4. The summed E-state index contributed by atoms with van der Waals surface area (Å²) in [6.45, 7) is 6.73. The van der Waals surface area contributed by atoms with Gasteiger partial charge < -0.3 is 10.2 Å². The lowest BCUT2D eigenvalue weighted by molar-refractivity contribution is -0.144. The number of fused-ring (bicyclic) bond motifs is 1. The van der Waals surface area contributed by atoms with Crippen molar-refractivity contribution in [3.05, 3.63) is 29.8 Å². The third kappa shape index (κ3) is 4.07. The minimum Gasteiger partial charge on any atom is -0.368 e. The first kappa shape index (κ1) is 17.4. The zero-order valence-corrected chi connectivity index (χ0v) is 12.9. The van der Waals surface area contributed by atoms with E-state index in [-0.39, 0.29) is 16.7 Å². The van der Waals surface area contributed by atoms with Gasteiger partial charge in [-0.2, -0.15) is 13.2 Å². The summed E-state index contributed by atoms with van der Waals surface area (Å²) in [5, 5.41) is 3.10. The van der Waals surface area contributed by atoms with E-state index in [1.165, 1.54) is 12.1 Å². The Hall–Kier alpha value is -1.96. The molecule has 1 aromatic heterocycles. The van der Waals surface area contributed by atoms with E-state index >= 15 is 0 Å². The van der Waals surface area contributed by atoms with E-state index < -0.39 is 17.8 Å². The van der Waals surface area contributed by atoms with Crippen molar-refractivity contribution in [2.45, 2.75) is 20.0 Å². The molecule has 0 bridgehead atoms. The van der Waals surface area contributed by atoms with Crippen molar-refractivity contribution in [2.24, 2.45) is 0 Å². The van der Waals surface area contributed by atoms with Crippen molar-refractivity contribution < 1.29 is 17.6 Å². The van der Waals surface area contributed by atoms with Crippen molar-refractivity contribution in [3.63, 3.8) is 0 Å². The second-order valence-electron chi connectivity index (χ2n) is 4.98. The number of halogens is 4. The lowest BCUT2D eigenvalue weighted by atomic mass is 10.2. The number of hydrogen-bond donors (Lipinski definition) is 1. The van der Waals surface area contributed by atoms with Crippen LogP contribution in [0.4, 0.5) is 23.4 Å². The number of para-hydroxylation sites is 1. The standard InChI is InChI=1S/C15H18F4N4/c1-3-23(4-2)9-8-20-13-10-6-5-7-11(16)12(10)21-14(22-13)15(17,18)19/h5-7H,3-4,8-9H2,1-2H3,(H,20,21,22). The highest BCUT2D eigenvalue weighted by molar-refractivity contribution is 5.89. The molecule has 0 aliphatic carbocycles. The first-order valence-electron chi connectivity index (χ1n) is 7.36. The minimum atomic E-state index is -4.73. The molecule has 0 fully saturated rings. The molecule has 0 aliphatic heterocycles. The maximum atomic E-state index is 13.8. The molecule has 0 saturated carbocycles. The summed E-state index contributed by atoms with van der Waals surface area (Å²) in [4.78, 5) is 8.96. The van der Waals surface area contributed by atoms with Gasteiger partial charge in [-0.25, -0.2) is 14.4 Å². The zero-order valence-electron chi connectivity index (χ0n) is 12.9. The maximum Gasteiger partial charge on any atom is 0.451 e. The first-order chi connectivity index (χ1) is 10.9. The molecule has 1 heterocycles. The third-order valence-corrected chi connectivity index (χ3v) is 3.55. The van der Waals surface area contributed by atoms with Crippen LogP contribution in [-0.2, 0) is 6.18 Å². The molecule has 1 aromatic carbocycles. The van der Waals surface area contributed by atoms with E-state index in [2.05, 4.69) is 20.2 Å². The Morgan fingerprint density at radius 2 is 1.83 bits per heavy atom. The van der Waals surface area contributed by atoms with E-state index in [1.807, 2.05) is 13.8 Å². The van der Waals surface area contributed by atoms with Crippen molar-refractivity contribution >= 4 is 16.7 Å². The van der Waals surface area contributed by atoms with Gasteiger partial charge in [0.1, 0.15) is 17.2 Å². The quantitative estimate of drug-likeness (QED) is 0.823. The largest absolute Gasteiger partial charge is 0.451 e. The number of hydrogen-bond acceptors (Lipinski definition) is 4. The normalized spacial score (nSPS) is 12.1. The fourth-order valence-electron chi connectivity index (χ4n) is 2.25. The number of nitrogens with one attached hydrogen (secondary N) is 1. The topological polar surface area (TPSA) is 41.0 Å². The summed E-state index contributed by atoms with van der Waals surface area (Å²) >= 11 is 0. The molecule has 0 saturated heterocycles. The maximum absolute atomic E-state index is 13.8. The fraction of sp³-hybridized carbons (Fsp3) is 0.467. The summed E-state index contributed by atoms with van der Waals surface area (Å²) in [6, 6.07) is 4.00. The van der Waals surface area contributed by atoms with Gasteiger partial charge in [0.25, 0.3) is 0 Å². The highest BCUT2D eigenvalue weighted by atomic mass is 19.4. The number of benzene rings is 1. The molecule has 0 atom stereocenters. The first-order valence-corrected chi connectivity index (χ1v) is 7.36. The molecule has 0 aliphatic rings. The second-order valence-corrected chi connectivity index (χ2v) is 4.98. The number of likely N-dealkylation sites (N-methyl/N-ethyl adjacent to an activating group) is 1. The van der Waals surface area contributed by atoms with Crippen LogP contribution in [0.1, 0.15) is 19.7 Å². The van der Waals surface area contributed by atoms with Gasteiger partial charge in [-0.05, 0) is 25.2 Å². The Balaban J connectivity index is 2.35. The predicted octanol–water partition coefficient (Wildman–Crippen LogP) is 3.54. The lowest BCUT2D eigenvalue weighted by Gasteiger charge is -2.19. The molecule has 8 heteroatoms. The molecule has 0 spiro atoms. The zero-order chi connectivity index (χ0) is 17.0. The fourth-order valence-corrected chi connectivity index (χ4v) is 2.25. The van der Waals surface area contributed by atoms with Gasteiger partial charge in [-0.15, -0.1) is 0 Å². The molecule has 0 amide bonds. The van der Waals surface area contributed by atoms with Crippen molar-refractivity contribution in [1.82, 2.24) is 14.9 Å². The van der Waals surface area contributed by atoms with Crippen LogP contribution in [0.15, 0.2) is 18.2 Å². The summed E-state index contributed by atoms with van der Waals surface area (Å²) in [7, 11) is 0. The summed E-state index contributed by atoms with van der Waals surface area (Å²) in [5.41, 5.74) is -0.333. The van der Waals surface area contributed by atoms with Crippen LogP contribution >= 0.6 is 0 Å². The van der Waals surface area contributed by atoms with E-state index in [0.717, 1.165) is 19.2 Å². The highest BCUT2D eigenvalue weighted by Crippen LogP contribution is 2.31. The SMILES string of the molecule is CCN(CC)CCNc1nc(C(F)(F)F)nc2c(F)cccc12. The Kier molecular flexibility index (Phi) is 5.35. The second kappa shape index (κ2) is 7.08. The molecule has 23 heavy (non-hydrogen) atoms. The van der Waals surface area contributed by atoms with Gasteiger partial charge in [-0.3, -0.25) is 0 Å². The van der Waals surface area contributed by atoms with Crippen molar-refractivity contribution in [2.75, 3.05) is 31.5 Å². The van der Waals surface area contributed by atoms with Crippen LogP contribution in [0, 0.1) is 5.82 Å². The summed E-state index contributed by atoms with van der Waals surface area (Å²) in [6.07, 6.45) is -4.73.